The fraction of sp³-hybridized carbons (Fsp3) is 0.214. The summed E-state index contributed by atoms with van der Waals surface area (Å²) >= 11 is 0. The molecule has 0 atom stereocenters. The van der Waals surface area contributed by atoms with Gasteiger partial charge in [0.25, 0.3) is 5.56 Å². The Hall–Kier alpha value is -3.86. The van der Waals surface area contributed by atoms with Crippen molar-refractivity contribution in [2.24, 2.45) is 0 Å². The average molecular weight is 439 g/mol. The third-order valence-electron chi connectivity index (χ3n) is 6.19. The monoisotopic (exact) mass is 438 g/mol. The van der Waals surface area contributed by atoms with Crippen molar-refractivity contribution in [2.75, 3.05) is 6.61 Å². The van der Waals surface area contributed by atoms with Crippen molar-refractivity contribution in [3.8, 4) is 22.5 Å². The first kappa shape index (κ1) is 21.0. The maximum Gasteiger partial charge on any atom is 0.354 e. The van der Waals surface area contributed by atoms with E-state index in [-0.39, 0.29) is 11.5 Å². The quantitative estimate of drug-likeness (QED) is 0.439. The molecule has 0 saturated carbocycles. The highest BCUT2D eigenvalue weighted by Gasteiger charge is 2.28. The van der Waals surface area contributed by atoms with Crippen LogP contribution in [0.1, 0.15) is 39.7 Å². The molecule has 2 heterocycles. The third-order valence-corrected chi connectivity index (χ3v) is 6.19. The van der Waals surface area contributed by atoms with Crippen molar-refractivity contribution in [3.63, 3.8) is 0 Å². The van der Waals surface area contributed by atoms with E-state index in [1.54, 1.807) is 0 Å². The molecule has 2 aromatic carbocycles. The highest BCUT2D eigenvalue weighted by atomic mass is 16.5. The fourth-order valence-electron chi connectivity index (χ4n) is 4.71. The second-order valence-corrected chi connectivity index (χ2v) is 8.48. The predicted octanol–water partition coefficient (Wildman–Crippen LogP) is 5.14. The number of benzene rings is 2. The van der Waals surface area contributed by atoms with Gasteiger partial charge in [-0.05, 0) is 61.1 Å². The van der Waals surface area contributed by atoms with Crippen LogP contribution < -0.4 is 5.56 Å². The van der Waals surface area contributed by atoms with Crippen LogP contribution in [0.15, 0.2) is 71.5 Å². The lowest BCUT2D eigenvalue weighted by atomic mass is 9.92. The third kappa shape index (κ3) is 3.91. The summed E-state index contributed by atoms with van der Waals surface area (Å²) in [5.41, 5.74) is 8.04. The van der Waals surface area contributed by atoms with Gasteiger partial charge in [-0.2, -0.15) is 0 Å². The summed E-state index contributed by atoms with van der Waals surface area (Å²) in [6.07, 6.45) is 1.60. The zero-order chi connectivity index (χ0) is 22.9. The molecule has 0 spiro atoms. The number of hydrogen-bond acceptors (Lipinski definition) is 3. The van der Waals surface area contributed by atoms with Gasteiger partial charge in [0, 0.05) is 12.1 Å². The van der Waals surface area contributed by atoms with Crippen molar-refractivity contribution in [1.82, 2.24) is 9.55 Å². The minimum Gasteiger partial charge on any atom is -0.461 e. The van der Waals surface area contributed by atoms with Gasteiger partial charge in [-0.25, -0.2) is 4.79 Å². The van der Waals surface area contributed by atoms with Gasteiger partial charge in [0.1, 0.15) is 5.69 Å². The summed E-state index contributed by atoms with van der Waals surface area (Å²) in [5.74, 6) is -0.343. The summed E-state index contributed by atoms with van der Waals surface area (Å²) in [4.78, 5) is 29.1. The number of ether oxygens (including phenoxy) is 1. The molecule has 5 nitrogen and oxygen atoms in total. The van der Waals surface area contributed by atoms with Gasteiger partial charge in [0.05, 0.1) is 18.0 Å². The second-order valence-electron chi connectivity index (χ2n) is 8.48. The molecule has 166 valence electrons. The largest absolute Gasteiger partial charge is 0.461 e. The number of fused-ring (bicyclic) bond motifs is 3. The molecule has 5 heteroatoms. The van der Waals surface area contributed by atoms with E-state index in [0.29, 0.717) is 24.4 Å². The smallest absolute Gasteiger partial charge is 0.354 e. The molecule has 0 saturated heterocycles. The molecule has 0 bridgehead atoms. The highest BCUT2D eigenvalue weighted by Crippen LogP contribution is 2.36. The SMILES string of the molecule is CCOC(=O)c1cc2c(n1Cc1cccc(C)c1)-c1[nH]c(=O)c(-c3ccccc3)cc1CC2. The fourth-order valence-corrected chi connectivity index (χ4v) is 4.71. The molecular formula is C28H26N2O3. The molecule has 0 radical (unpaired) electrons. The molecule has 5 rings (SSSR count). The topological polar surface area (TPSA) is 64.1 Å². The predicted molar refractivity (Wildman–Crippen MR) is 130 cm³/mol. The molecule has 4 aromatic rings. The Morgan fingerprint density at radius 3 is 2.55 bits per heavy atom. The Morgan fingerprint density at radius 1 is 1.00 bits per heavy atom. The summed E-state index contributed by atoms with van der Waals surface area (Å²) in [5, 5.41) is 0. The Kier molecular flexibility index (Phi) is 5.47. The molecule has 0 amide bonds. The zero-order valence-corrected chi connectivity index (χ0v) is 18.9. The molecule has 2 aromatic heterocycles. The van der Waals surface area contributed by atoms with Crippen LogP contribution in [0.25, 0.3) is 22.5 Å². The molecule has 0 fully saturated rings. The maximum absolute atomic E-state index is 13.1. The van der Waals surface area contributed by atoms with Gasteiger partial charge in [0.15, 0.2) is 0 Å². The van der Waals surface area contributed by atoms with E-state index in [2.05, 4.69) is 30.1 Å². The van der Waals surface area contributed by atoms with Gasteiger partial charge in [-0.1, -0.05) is 60.2 Å². The van der Waals surface area contributed by atoms with E-state index in [4.69, 9.17) is 4.74 Å². The Balaban J connectivity index is 1.68. The normalized spacial score (nSPS) is 12.2. The summed E-state index contributed by atoms with van der Waals surface area (Å²) in [7, 11) is 0. The maximum atomic E-state index is 13.1. The van der Waals surface area contributed by atoms with Crippen LogP contribution in [0.2, 0.25) is 0 Å². The van der Waals surface area contributed by atoms with Crippen molar-refractivity contribution >= 4 is 5.97 Å². The lowest BCUT2D eigenvalue weighted by Gasteiger charge is -2.21. The minimum absolute atomic E-state index is 0.131. The number of pyridine rings is 1. The minimum atomic E-state index is -0.343. The van der Waals surface area contributed by atoms with Crippen LogP contribution in [0.4, 0.5) is 0 Å². The molecule has 1 N–H and O–H groups in total. The molecule has 33 heavy (non-hydrogen) atoms. The van der Waals surface area contributed by atoms with Crippen LogP contribution >= 0.6 is 0 Å². The number of rotatable bonds is 5. The number of esters is 1. The Labute approximate surface area is 192 Å². The van der Waals surface area contributed by atoms with E-state index >= 15 is 0 Å². The molecule has 0 unspecified atom stereocenters. The number of carbonyl (C=O) groups excluding carboxylic acids is 1. The number of nitrogens with one attached hydrogen (secondary N) is 1. The number of aryl methyl sites for hydroxylation is 3. The summed E-state index contributed by atoms with van der Waals surface area (Å²) in [6.45, 7) is 4.70. The number of nitrogens with zero attached hydrogens (tertiary/aromatic N) is 1. The van der Waals surface area contributed by atoms with Gasteiger partial charge in [0.2, 0.25) is 0 Å². The van der Waals surface area contributed by atoms with E-state index < -0.39 is 0 Å². The lowest BCUT2D eigenvalue weighted by molar-refractivity contribution is 0.0514. The average Bonchev–Trinajstić information content (AvgIpc) is 3.18. The molecular weight excluding hydrogens is 412 g/mol. The second kappa shape index (κ2) is 8.58. The molecule has 1 aliphatic rings. The van der Waals surface area contributed by atoms with Gasteiger partial charge in [-0.15, -0.1) is 0 Å². The number of carbonyl (C=O) groups is 1. The van der Waals surface area contributed by atoms with E-state index in [0.717, 1.165) is 52.0 Å². The summed E-state index contributed by atoms with van der Waals surface area (Å²) in [6, 6.07) is 21.9. The van der Waals surface area contributed by atoms with Crippen molar-refractivity contribution in [1.29, 1.82) is 0 Å². The van der Waals surface area contributed by atoms with Crippen LogP contribution in [-0.4, -0.2) is 22.1 Å². The van der Waals surface area contributed by atoms with Crippen molar-refractivity contribution < 1.29 is 9.53 Å². The van der Waals surface area contributed by atoms with E-state index in [9.17, 15) is 9.59 Å². The van der Waals surface area contributed by atoms with Gasteiger partial charge in [-0.3, -0.25) is 4.79 Å². The number of aromatic amines is 1. The first-order valence-electron chi connectivity index (χ1n) is 11.3. The molecule has 0 aliphatic heterocycles. The first-order chi connectivity index (χ1) is 16.0. The van der Waals surface area contributed by atoms with Crippen LogP contribution in [0, 0.1) is 6.92 Å². The number of aromatic nitrogens is 2. The zero-order valence-electron chi connectivity index (χ0n) is 18.9. The summed E-state index contributed by atoms with van der Waals surface area (Å²) < 4.78 is 7.36. The molecule has 1 aliphatic carbocycles. The van der Waals surface area contributed by atoms with Crippen molar-refractivity contribution in [3.05, 3.63) is 105 Å². The highest BCUT2D eigenvalue weighted by molar-refractivity contribution is 5.90. The van der Waals surface area contributed by atoms with E-state index in [1.807, 2.05) is 60.0 Å². The van der Waals surface area contributed by atoms with Gasteiger partial charge < -0.3 is 14.3 Å². The Bertz CT molecular complexity index is 1400. The lowest BCUT2D eigenvalue weighted by Crippen LogP contribution is -2.19. The Morgan fingerprint density at radius 2 is 1.79 bits per heavy atom. The van der Waals surface area contributed by atoms with Crippen molar-refractivity contribution in [2.45, 2.75) is 33.2 Å². The van der Waals surface area contributed by atoms with Crippen LogP contribution in [0.3, 0.4) is 0 Å². The standard InChI is InChI=1S/C28H26N2O3/c1-3-33-28(32)24-16-22-13-12-21-15-23(20-10-5-4-6-11-20)27(31)29-25(21)26(22)30(24)17-19-9-7-8-18(2)14-19/h4-11,14-16H,3,12-13,17H2,1-2H3,(H,29,31). The van der Waals surface area contributed by atoms with E-state index in [1.165, 1.54) is 0 Å². The number of H-pyrrole nitrogens is 1. The van der Waals surface area contributed by atoms with Gasteiger partial charge >= 0.3 is 5.97 Å². The number of hydrogen-bond donors (Lipinski definition) is 1. The van der Waals surface area contributed by atoms with Crippen LogP contribution in [0.5, 0.6) is 0 Å². The first-order valence-corrected chi connectivity index (χ1v) is 11.3. The van der Waals surface area contributed by atoms with Crippen LogP contribution in [-0.2, 0) is 24.1 Å².